The van der Waals surface area contributed by atoms with Crippen LogP contribution in [0.1, 0.15) is 18.4 Å². The molecule has 1 aromatic heterocycles. The highest BCUT2D eigenvalue weighted by atomic mass is 16.4. The largest absolute Gasteiger partial charge is 0.481 e. The van der Waals surface area contributed by atoms with E-state index < -0.39 is 5.97 Å². The summed E-state index contributed by atoms with van der Waals surface area (Å²) < 4.78 is 5.07. The molecular formula is C15H17NO3. The van der Waals surface area contributed by atoms with Gasteiger partial charge in [-0.3, -0.25) is 4.79 Å². The van der Waals surface area contributed by atoms with E-state index in [1.54, 1.807) is 12.5 Å². The molecule has 0 aliphatic rings. The number of hydrogen-bond acceptors (Lipinski definition) is 3. The molecule has 0 saturated heterocycles. The average Bonchev–Trinajstić information content (AvgIpc) is 2.91. The SMILES string of the molecule is O=C(O)CCCN(Cc1ccoc1)c1ccccc1. The van der Waals surface area contributed by atoms with Crippen molar-refractivity contribution in [1.29, 1.82) is 0 Å². The Morgan fingerprint density at radius 1 is 1.21 bits per heavy atom. The summed E-state index contributed by atoms with van der Waals surface area (Å²) in [5.41, 5.74) is 2.17. The minimum Gasteiger partial charge on any atom is -0.481 e. The third-order valence-corrected chi connectivity index (χ3v) is 2.89. The minimum absolute atomic E-state index is 0.189. The Morgan fingerprint density at radius 3 is 2.63 bits per heavy atom. The van der Waals surface area contributed by atoms with Crippen molar-refractivity contribution in [2.45, 2.75) is 19.4 Å². The van der Waals surface area contributed by atoms with Gasteiger partial charge in [0.1, 0.15) is 0 Å². The highest BCUT2D eigenvalue weighted by Crippen LogP contribution is 2.17. The van der Waals surface area contributed by atoms with Crippen molar-refractivity contribution in [3.63, 3.8) is 0 Å². The normalized spacial score (nSPS) is 10.3. The van der Waals surface area contributed by atoms with E-state index in [0.717, 1.165) is 17.8 Å². The second-order valence-electron chi connectivity index (χ2n) is 4.39. The number of rotatable bonds is 7. The number of aliphatic carboxylic acids is 1. The van der Waals surface area contributed by atoms with Crippen LogP contribution in [0.15, 0.2) is 53.3 Å². The van der Waals surface area contributed by atoms with Crippen LogP contribution in [0.4, 0.5) is 5.69 Å². The highest BCUT2D eigenvalue weighted by molar-refractivity contribution is 5.66. The number of nitrogens with zero attached hydrogens (tertiary/aromatic N) is 1. The fraction of sp³-hybridized carbons (Fsp3) is 0.267. The number of carboxylic acid groups (broad SMARTS) is 1. The Labute approximate surface area is 112 Å². The van der Waals surface area contributed by atoms with Gasteiger partial charge in [-0.2, -0.15) is 0 Å². The van der Waals surface area contributed by atoms with Crippen LogP contribution >= 0.6 is 0 Å². The quantitative estimate of drug-likeness (QED) is 0.829. The summed E-state index contributed by atoms with van der Waals surface area (Å²) in [7, 11) is 0. The molecule has 1 heterocycles. The van der Waals surface area contributed by atoms with Gasteiger partial charge in [-0.1, -0.05) is 18.2 Å². The lowest BCUT2D eigenvalue weighted by Crippen LogP contribution is -2.24. The summed E-state index contributed by atoms with van der Waals surface area (Å²) >= 11 is 0. The molecular weight excluding hydrogens is 242 g/mol. The maximum absolute atomic E-state index is 10.6. The predicted molar refractivity (Wildman–Crippen MR) is 73.1 cm³/mol. The smallest absolute Gasteiger partial charge is 0.303 e. The van der Waals surface area contributed by atoms with E-state index >= 15 is 0 Å². The van der Waals surface area contributed by atoms with Gasteiger partial charge in [0, 0.05) is 30.8 Å². The van der Waals surface area contributed by atoms with E-state index in [1.807, 2.05) is 36.4 Å². The number of carboxylic acids is 1. The summed E-state index contributed by atoms with van der Waals surface area (Å²) in [6.07, 6.45) is 4.18. The zero-order valence-corrected chi connectivity index (χ0v) is 10.7. The number of furan rings is 1. The third-order valence-electron chi connectivity index (χ3n) is 2.89. The molecule has 0 aliphatic carbocycles. The van der Waals surface area contributed by atoms with Crippen molar-refractivity contribution >= 4 is 11.7 Å². The van der Waals surface area contributed by atoms with Gasteiger partial charge >= 0.3 is 5.97 Å². The van der Waals surface area contributed by atoms with Crippen LogP contribution < -0.4 is 4.90 Å². The van der Waals surface area contributed by atoms with Gasteiger partial charge in [0.2, 0.25) is 0 Å². The average molecular weight is 259 g/mol. The lowest BCUT2D eigenvalue weighted by Gasteiger charge is -2.24. The zero-order chi connectivity index (χ0) is 13.5. The van der Waals surface area contributed by atoms with Crippen molar-refractivity contribution in [1.82, 2.24) is 0 Å². The van der Waals surface area contributed by atoms with E-state index in [-0.39, 0.29) is 6.42 Å². The Kier molecular flexibility index (Phi) is 4.61. The summed E-state index contributed by atoms with van der Waals surface area (Å²) in [5, 5.41) is 8.72. The summed E-state index contributed by atoms with van der Waals surface area (Å²) in [4.78, 5) is 12.8. The van der Waals surface area contributed by atoms with Crippen LogP contribution in [0.5, 0.6) is 0 Å². The first-order chi connectivity index (χ1) is 9.25. The summed E-state index contributed by atoms with van der Waals surface area (Å²) in [6.45, 7) is 1.43. The van der Waals surface area contributed by atoms with Crippen LogP contribution in [0.3, 0.4) is 0 Å². The Hall–Kier alpha value is -2.23. The van der Waals surface area contributed by atoms with Crippen LogP contribution in [-0.2, 0) is 11.3 Å². The van der Waals surface area contributed by atoms with Crippen molar-refractivity contribution in [3.8, 4) is 0 Å². The number of anilines is 1. The standard InChI is InChI=1S/C15H17NO3/c17-15(18)7-4-9-16(11-13-8-10-19-12-13)14-5-2-1-3-6-14/h1-3,5-6,8,10,12H,4,7,9,11H2,(H,17,18). The van der Waals surface area contributed by atoms with E-state index in [9.17, 15) is 4.79 Å². The van der Waals surface area contributed by atoms with E-state index in [0.29, 0.717) is 13.0 Å². The maximum Gasteiger partial charge on any atom is 0.303 e. The molecule has 0 atom stereocenters. The van der Waals surface area contributed by atoms with Gasteiger partial charge in [-0.25, -0.2) is 0 Å². The van der Waals surface area contributed by atoms with Gasteiger partial charge < -0.3 is 14.4 Å². The number of hydrogen-bond donors (Lipinski definition) is 1. The van der Waals surface area contributed by atoms with Crippen LogP contribution in [0, 0.1) is 0 Å². The summed E-state index contributed by atoms with van der Waals surface area (Å²) in [5.74, 6) is -0.753. The monoisotopic (exact) mass is 259 g/mol. The molecule has 19 heavy (non-hydrogen) atoms. The molecule has 0 amide bonds. The molecule has 0 bridgehead atoms. The molecule has 100 valence electrons. The third kappa shape index (κ3) is 4.17. The maximum atomic E-state index is 10.6. The summed E-state index contributed by atoms with van der Waals surface area (Å²) in [6, 6.07) is 11.9. The zero-order valence-electron chi connectivity index (χ0n) is 10.7. The van der Waals surface area contributed by atoms with Crippen molar-refractivity contribution in [3.05, 3.63) is 54.5 Å². The number of benzene rings is 1. The molecule has 0 spiro atoms. The molecule has 0 fully saturated rings. The molecule has 4 nitrogen and oxygen atoms in total. The van der Waals surface area contributed by atoms with Crippen molar-refractivity contribution < 1.29 is 14.3 Å². The lowest BCUT2D eigenvalue weighted by atomic mass is 10.2. The van der Waals surface area contributed by atoms with Crippen molar-refractivity contribution in [2.75, 3.05) is 11.4 Å². The molecule has 0 saturated carbocycles. The second kappa shape index (κ2) is 6.64. The fourth-order valence-corrected chi connectivity index (χ4v) is 1.96. The first-order valence-electron chi connectivity index (χ1n) is 6.28. The van der Waals surface area contributed by atoms with Gasteiger partial charge in [0.15, 0.2) is 0 Å². The molecule has 2 rings (SSSR count). The van der Waals surface area contributed by atoms with E-state index in [2.05, 4.69) is 4.90 Å². The lowest BCUT2D eigenvalue weighted by molar-refractivity contribution is -0.137. The molecule has 0 unspecified atom stereocenters. The predicted octanol–water partition coefficient (Wildman–Crippen LogP) is 3.15. The van der Waals surface area contributed by atoms with Crippen LogP contribution in [-0.4, -0.2) is 17.6 Å². The van der Waals surface area contributed by atoms with E-state index in [4.69, 9.17) is 9.52 Å². The Bertz CT molecular complexity index is 493. The van der Waals surface area contributed by atoms with Gasteiger partial charge in [0.05, 0.1) is 12.5 Å². The van der Waals surface area contributed by atoms with Crippen LogP contribution in [0.25, 0.3) is 0 Å². The first kappa shape index (κ1) is 13.2. The van der Waals surface area contributed by atoms with Gasteiger partial charge in [0.25, 0.3) is 0 Å². The van der Waals surface area contributed by atoms with Gasteiger partial charge in [-0.05, 0) is 24.6 Å². The topological polar surface area (TPSA) is 53.7 Å². The van der Waals surface area contributed by atoms with E-state index in [1.165, 1.54) is 0 Å². The molecule has 4 heteroatoms. The fourth-order valence-electron chi connectivity index (χ4n) is 1.96. The minimum atomic E-state index is -0.753. The number of carbonyl (C=O) groups is 1. The van der Waals surface area contributed by atoms with Gasteiger partial charge in [-0.15, -0.1) is 0 Å². The Balaban J connectivity index is 2.02. The molecule has 2 aromatic rings. The molecule has 1 N–H and O–H groups in total. The van der Waals surface area contributed by atoms with Crippen LogP contribution in [0.2, 0.25) is 0 Å². The second-order valence-corrected chi connectivity index (χ2v) is 4.39. The van der Waals surface area contributed by atoms with Crippen molar-refractivity contribution in [2.24, 2.45) is 0 Å². The molecule has 0 aliphatic heterocycles. The molecule has 1 aromatic carbocycles. The molecule has 0 radical (unpaired) electrons. The highest BCUT2D eigenvalue weighted by Gasteiger charge is 2.08. The Morgan fingerprint density at radius 2 is 2.00 bits per heavy atom. The number of para-hydroxylation sites is 1. The first-order valence-corrected chi connectivity index (χ1v) is 6.28.